The zero-order valence-electron chi connectivity index (χ0n) is 16.4. The number of tetrazole rings is 1. The average molecular weight is 425 g/mol. The minimum atomic E-state index is -0.614. The van der Waals surface area contributed by atoms with Crippen LogP contribution in [0.5, 0.6) is 0 Å². The normalized spacial score (nSPS) is 14.2. The molecule has 1 aliphatic carbocycles. The zero-order valence-corrected chi connectivity index (χ0v) is 17.1. The fourth-order valence-corrected chi connectivity index (χ4v) is 3.08. The molecule has 2 amide bonds. The van der Waals surface area contributed by atoms with Gasteiger partial charge in [0.1, 0.15) is 0 Å². The lowest BCUT2D eigenvalue weighted by Gasteiger charge is -2.14. The Bertz CT molecular complexity index is 1040. The number of anilines is 1. The first-order chi connectivity index (χ1) is 14.5. The number of amides is 2. The molecule has 30 heavy (non-hydrogen) atoms. The van der Waals surface area contributed by atoms with Crippen molar-refractivity contribution in [1.82, 2.24) is 25.5 Å². The van der Waals surface area contributed by atoms with Gasteiger partial charge in [-0.3, -0.25) is 9.59 Å². The SMILES string of the molecule is CCC(C(=O)Nc1ccc(C(=O)NC2CC2)cc1)n1nnc(-c2ccc(Cl)cc2)n1. The summed E-state index contributed by atoms with van der Waals surface area (Å²) in [4.78, 5) is 26.2. The number of carbonyl (C=O) groups is 2. The van der Waals surface area contributed by atoms with E-state index >= 15 is 0 Å². The molecule has 1 aliphatic rings. The van der Waals surface area contributed by atoms with Crippen molar-refractivity contribution in [2.75, 3.05) is 5.32 Å². The van der Waals surface area contributed by atoms with Crippen molar-refractivity contribution in [3.63, 3.8) is 0 Å². The molecule has 1 fully saturated rings. The second-order valence-corrected chi connectivity index (χ2v) is 7.62. The molecule has 1 unspecified atom stereocenters. The number of aromatic nitrogens is 4. The van der Waals surface area contributed by atoms with Crippen LogP contribution in [0.1, 0.15) is 42.6 Å². The van der Waals surface area contributed by atoms with Crippen LogP contribution in [-0.4, -0.2) is 38.1 Å². The van der Waals surface area contributed by atoms with E-state index in [9.17, 15) is 9.59 Å². The summed E-state index contributed by atoms with van der Waals surface area (Å²) >= 11 is 5.91. The standard InChI is InChI=1S/C21H21ClN6O2/c1-2-18(28-26-19(25-27-28)13-3-7-15(22)8-4-13)21(30)24-16-9-5-14(6-10-16)20(29)23-17-11-12-17/h3-10,17-18H,2,11-12H2,1H3,(H,23,29)(H,24,30). The Balaban J connectivity index is 1.42. The van der Waals surface area contributed by atoms with Crippen molar-refractivity contribution >= 4 is 29.1 Å². The number of rotatable bonds is 7. The molecule has 0 bridgehead atoms. The van der Waals surface area contributed by atoms with Gasteiger partial charge in [-0.1, -0.05) is 18.5 Å². The quantitative estimate of drug-likeness (QED) is 0.604. The fourth-order valence-electron chi connectivity index (χ4n) is 2.95. The van der Waals surface area contributed by atoms with Crippen molar-refractivity contribution in [2.24, 2.45) is 0 Å². The molecule has 154 valence electrons. The summed E-state index contributed by atoms with van der Waals surface area (Å²) < 4.78 is 0. The highest BCUT2D eigenvalue weighted by Crippen LogP contribution is 2.21. The third-order valence-corrected chi connectivity index (χ3v) is 5.08. The van der Waals surface area contributed by atoms with Crippen LogP contribution in [0.15, 0.2) is 48.5 Å². The van der Waals surface area contributed by atoms with Gasteiger partial charge in [0.2, 0.25) is 5.82 Å². The highest BCUT2D eigenvalue weighted by atomic mass is 35.5. The smallest absolute Gasteiger partial charge is 0.251 e. The number of hydrogen-bond donors (Lipinski definition) is 2. The summed E-state index contributed by atoms with van der Waals surface area (Å²) in [6, 6.07) is 13.6. The lowest BCUT2D eigenvalue weighted by Crippen LogP contribution is -2.27. The molecule has 8 nitrogen and oxygen atoms in total. The number of nitrogens with zero attached hydrogens (tertiary/aromatic N) is 4. The number of carbonyl (C=O) groups excluding carboxylic acids is 2. The fraction of sp³-hybridized carbons (Fsp3) is 0.286. The van der Waals surface area contributed by atoms with Crippen molar-refractivity contribution in [2.45, 2.75) is 38.3 Å². The summed E-state index contributed by atoms with van der Waals surface area (Å²) in [5, 5.41) is 18.9. The minimum Gasteiger partial charge on any atom is -0.349 e. The van der Waals surface area contributed by atoms with Crippen LogP contribution >= 0.6 is 11.6 Å². The molecule has 0 saturated heterocycles. The van der Waals surface area contributed by atoms with Gasteiger partial charge in [-0.15, -0.1) is 10.2 Å². The van der Waals surface area contributed by atoms with E-state index in [1.807, 2.05) is 6.92 Å². The summed E-state index contributed by atoms with van der Waals surface area (Å²) in [5.74, 6) is 0.0695. The van der Waals surface area contributed by atoms with E-state index in [1.165, 1.54) is 4.80 Å². The maximum absolute atomic E-state index is 12.8. The van der Waals surface area contributed by atoms with Crippen LogP contribution in [0.2, 0.25) is 5.02 Å². The zero-order chi connectivity index (χ0) is 21.1. The van der Waals surface area contributed by atoms with Crippen LogP contribution in [-0.2, 0) is 4.79 Å². The first-order valence-electron chi connectivity index (χ1n) is 9.80. The highest BCUT2D eigenvalue weighted by Gasteiger charge is 2.24. The van der Waals surface area contributed by atoms with Crippen molar-refractivity contribution in [3.05, 3.63) is 59.1 Å². The number of benzene rings is 2. The van der Waals surface area contributed by atoms with Crippen molar-refractivity contribution in [3.8, 4) is 11.4 Å². The third kappa shape index (κ3) is 4.65. The summed E-state index contributed by atoms with van der Waals surface area (Å²) in [7, 11) is 0. The topological polar surface area (TPSA) is 102 Å². The van der Waals surface area contributed by atoms with Gasteiger partial charge in [-0.25, -0.2) is 0 Å². The summed E-state index contributed by atoms with van der Waals surface area (Å²) in [6.45, 7) is 1.88. The lowest BCUT2D eigenvalue weighted by molar-refractivity contribution is -0.120. The van der Waals surface area contributed by atoms with E-state index in [4.69, 9.17) is 11.6 Å². The first-order valence-corrected chi connectivity index (χ1v) is 10.2. The Morgan fingerprint density at radius 1 is 1.13 bits per heavy atom. The largest absolute Gasteiger partial charge is 0.349 e. The van der Waals surface area contributed by atoms with E-state index in [0.29, 0.717) is 34.6 Å². The molecule has 1 atom stereocenters. The second-order valence-electron chi connectivity index (χ2n) is 7.18. The Morgan fingerprint density at radius 2 is 1.83 bits per heavy atom. The van der Waals surface area contributed by atoms with E-state index < -0.39 is 6.04 Å². The molecule has 1 aromatic heterocycles. The van der Waals surface area contributed by atoms with Crippen LogP contribution < -0.4 is 10.6 Å². The van der Waals surface area contributed by atoms with Crippen LogP contribution in [0, 0.1) is 0 Å². The van der Waals surface area contributed by atoms with Crippen LogP contribution in [0.25, 0.3) is 11.4 Å². The number of halogens is 1. The Morgan fingerprint density at radius 3 is 2.47 bits per heavy atom. The second kappa shape index (κ2) is 8.62. The van der Waals surface area contributed by atoms with Gasteiger partial charge >= 0.3 is 0 Å². The molecule has 4 rings (SSSR count). The summed E-state index contributed by atoms with van der Waals surface area (Å²) in [6.07, 6.45) is 2.56. The maximum Gasteiger partial charge on any atom is 0.251 e. The van der Waals surface area contributed by atoms with Crippen molar-refractivity contribution in [1.29, 1.82) is 0 Å². The molecule has 0 radical (unpaired) electrons. The predicted octanol–water partition coefficient (Wildman–Crippen LogP) is 3.48. The molecule has 1 heterocycles. The monoisotopic (exact) mass is 424 g/mol. The van der Waals surface area contributed by atoms with Gasteiger partial charge in [0.15, 0.2) is 6.04 Å². The average Bonchev–Trinajstić information content (AvgIpc) is 3.43. The predicted molar refractivity (Wildman–Crippen MR) is 113 cm³/mol. The van der Waals surface area contributed by atoms with Gasteiger partial charge in [0, 0.05) is 27.9 Å². The molecular formula is C21H21ClN6O2. The van der Waals surface area contributed by atoms with Gasteiger partial charge < -0.3 is 10.6 Å². The maximum atomic E-state index is 12.8. The molecule has 3 aromatic rings. The van der Waals surface area contributed by atoms with E-state index in [-0.39, 0.29) is 11.8 Å². The third-order valence-electron chi connectivity index (χ3n) is 4.83. The van der Waals surface area contributed by atoms with Crippen LogP contribution in [0.4, 0.5) is 5.69 Å². The molecule has 0 aliphatic heterocycles. The molecule has 0 spiro atoms. The molecule has 9 heteroatoms. The van der Waals surface area contributed by atoms with Gasteiger partial charge in [-0.05, 0) is 73.0 Å². The molecule has 1 saturated carbocycles. The summed E-state index contributed by atoms with van der Waals surface area (Å²) in [5.41, 5.74) is 1.93. The number of nitrogens with one attached hydrogen (secondary N) is 2. The molecule has 2 aromatic carbocycles. The van der Waals surface area contributed by atoms with Crippen LogP contribution in [0.3, 0.4) is 0 Å². The Labute approximate surface area is 178 Å². The van der Waals surface area contributed by atoms with Gasteiger partial charge in [0.25, 0.3) is 11.8 Å². The highest BCUT2D eigenvalue weighted by molar-refractivity contribution is 6.30. The van der Waals surface area contributed by atoms with E-state index in [0.717, 1.165) is 18.4 Å². The van der Waals surface area contributed by atoms with Crippen molar-refractivity contribution < 1.29 is 9.59 Å². The van der Waals surface area contributed by atoms with Gasteiger partial charge in [-0.2, -0.15) is 4.80 Å². The Kier molecular flexibility index (Phi) is 5.76. The number of hydrogen-bond acceptors (Lipinski definition) is 5. The Hall–Kier alpha value is -3.26. The van der Waals surface area contributed by atoms with Gasteiger partial charge in [0.05, 0.1) is 0 Å². The van der Waals surface area contributed by atoms with E-state index in [1.54, 1.807) is 48.5 Å². The first kappa shape index (κ1) is 20.0. The minimum absolute atomic E-state index is 0.0941. The lowest BCUT2D eigenvalue weighted by atomic mass is 10.1. The molecule has 2 N–H and O–H groups in total. The molecular weight excluding hydrogens is 404 g/mol. The van der Waals surface area contributed by atoms with E-state index in [2.05, 4.69) is 26.0 Å².